The van der Waals surface area contributed by atoms with Gasteiger partial charge in [0.1, 0.15) is 0 Å². The van der Waals surface area contributed by atoms with Crippen LogP contribution in [0, 0.1) is 0 Å². The Labute approximate surface area is 151 Å². The van der Waals surface area contributed by atoms with Crippen molar-refractivity contribution in [2.24, 2.45) is 0 Å². The number of aromatic nitrogens is 1. The van der Waals surface area contributed by atoms with Gasteiger partial charge in [0.2, 0.25) is 5.91 Å². The highest BCUT2D eigenvalue weighted by molar-refractivity contribution is 6.31. The standard InChI is InChI=1S/C18H12ClF3N2O2/c1-10(25)24-9-13(12-8-11(19)6-7-16(12)24)17(26)23-15-5-3-2-4-14(15)18(20,21)22/h2-9H,1H3,(H,23,26). The number of rotatable bonds is 2. The summed E-state index contributed by atoms with van der Waals surface area (Å²) in [6, 6.07) is 9.29. The Morgan fingerprint density at radius 3 is 2.46 bits per heavy atom. The first-order valence-corrected chi connectivity index (χ1v) is 7.85. The predicted molar refractivity (Wildman–Crippen MR) is 92.6 cm³/mol. The summed E-state index contributed by atoms with van der Waals surface area (Å²) in [6.45, 7) is 1.31. The molecule has 0 aliphatic heterocycles. The highest BCUT2D eigenvalue weighted by Crippen LogP contribution is 2.35. The van der Waals surface area contributed by atoms with Crippen LogP contribution >= 0.6 is 11.6 Å². The second kappa shape index (κ2) is 6.49. The van der Waals surface area contributed by atoms with Crippen molar-refractivity contribution in [1.82, 2.24) is 4.57 Å². The van der Waals surface area contributed by atoms with Gasteiger partial charge in [-0.3, -0.25) is 14.2 Å². The van der Waals surface area contributed by atoms with E-state index >= 15 is 0 Å². The fraction of sp³-hybridized carbons (Fsp3) is 0.111. The number of carbonyl (C=O) groups is 2. The minimum atomic E-state index is -4.61. The van der Waals surface area contributed by atoms with E-state index in [9.17, 15) is 22.8 Å². The van der Waals surface area contributed by atoms with Crippen molar-refractivity contribution in [3.8, 4) is 0 Å². The van der Waals surface area contributed by atoms with Crippen molar-refractivity contribution in [3.05, 3.63) is 64.8 Å². The van der Waals surface area contributed by atoms with E-state index in [1.54, 1.807) is 12.1 Å². The molecule has 0 saturated carbocycles. The number of hydrogen-bond donors (Lipinski definition) is 1. The van der Waals surface area contributed by atoms with Gasteiger partial charge >= 0.3 is 6.18 Å². The van der Waals surface area contributed by atoms with Crippen LogP contribution in [-0.4, -0.2) is 16.4 Å². The zero-order valence-corrected chi connectivity index (χ0v) is 14.2. The molecule has 26 heavy (non-hydrogen) atoms. The second-order valence-corrected chi connectivity index (χ2v) is 6.03. The van der Waals surface area contributed by atoms with Gasteiger partial charge in [0, 0.05) is 23.5 Å². The highest BCUT2D eigenvalue weighted by atomic mass is 35.5. The fourth-order valence-electron chi connectivity index (χ4n) is 2.67. The van der Waals surface area contributed by atoms with Gasteiger partial charge in [0.05, 0.1) is 22.3 Å². The summed E-state index contributed by atoms with van der Waals surface area (Å²) in [5.41, 5.74) is -0.830. The summed E-state index contributed by atoms with van der Waals surface area (Å²) < 4.78 is 40.5. The van der Waals surface area contributed by atoms with Gasteiger partial charge in [0.15, 0.2) is 0 Å². The SMILES string of the molecule is CC(=O)n1cc(C(=O)Nc2ccccc2C(F)(F)F)c2cc(Cl)ccc21. The first-order valence-electron chi connectivity index (χ1n) is 7.47. The normalized spacial score (nSPS) is 11.6. The molecule has 3 rings (SSSR count). The third-order valence-corrected chi connectivity index (χ3v) is 4.07. The quantitative estimate of drug-likeness (QED) is 0.662. The Morgan fingerprint density at radius 1 is 1.12 bits per heavy atom. The number of anilines is 1. The van der Waals surface area contributed by atoms with Crippen molar-refractivity contribution < 1.29 is 22.8 Å². The zero-order chi connectivity index (χ0) is 19.1. The number of benzene rings is 2. The van der Waals surface area contributed by atoms with Gasteiger partial charge in [0.25, 0.3) is 5.91 Å². The monoisotopic (exact) mass is 380 g/mol. The Balaban J connectivity index is 2.07. The number of nitrogens with zero attached hydrogens (tertiary/aromatic N) is 1. The molecule has 0 saturated heterocycles. The Morgan fingerprint density at radius 2 is 1.81 bits per heavy atom. The molecule has 1 N–H and O–H groups in total. The Hall–Kier alpha value is -2.80. The third-order valence-electron chi connectivity index (χ3n) is 3.83. The van der Waals surface area contributed by atoms with Gasteiger partial charge in [-0.25, -0.2) is 0 Å². The van der Waals surface area contributed by atoms with E-state index in [2.05, 4.69) is 5.32 Å². The molecule has 1 amide bonds. The summed E-state index contributed by atoms with van der Waals surface area (Å²) in [6.07, 6.45) is -3.32. The lowest BCUT2D eigenvalue weighted by molar-refractivity contribution is -0.136. The van der Waals surface area contributed by atoms with Crippen LogP contribution < -0.4 is 5.32 Å². The maximum Gasteiger partial charge on any atom is 0.418 e. The maximum absolute atomic E-state index is 13.1. The van der Waals surface area contributed by atoms with E-state index < -0.39 is 17.6 Å². The largest absolute Gasteiger partial charge is 0.418 e. The number of alkyl halides is 3. The third kappa shape index (κ3) is 3.30. The topological polar surface area (TPSA) is 51.1 Å². The van der Waals surface area contributed by atoms with E-state index in [-0.39, 0.29) is 17.2 Å². The molecule has 3 aromatic rings. The molecule has 134 valence electrons. The Bertz CT molecular complexity index is 1020. The molecule has 0 spiro atoms. The molecular formula is C18H12ClF3N2O2. The maximum atomic E-state index is 13.1. The van der Waals surface area contributed by atoms with Gasteiger partial charge in [-0.2, -0.15) is 13.2 Å². The molecule has 0 aliphatic carbocycles. The van der Waals surface area contributed by atoms with Crippen LogP contribution in [0.25, 0.3) is 10.9 Å². The van der Waals surface area contributed by atoms with Crippen LogP contribution in [-0.2, 0) is 6.18 Å². The molecule has 0 atom stereocenters. The van der Waals surface area contributed by atoms with Gasteiger partial charge in [-0.15, -0.1) is 0 Å². The molecule has 0 unspecified atom stereocenters. The first-order chi connectivity index (χ1) is 12.2. The summed E-state index contributed by atoms with van der Waals surface area (Å²) in [7, 11) is 0. The number of fused-ring (bicyclic) bond motifs is 1. The van der Waals surface area contributed by atoms with Gasteiger partial charge in [-0.1, -0.05) is 23.7 Å². The predicted octanol–water partition coefficient (Wildman–Crippen LogP) is 5.23. The summed E-state index contributed by atoms with van der Waals surface area (Å²) >= 11 is 5.95. The molecule has 0 radical (unpaired) electrons. The fourth-order valence-corrected chi connectivity index (χ4v) is 2.84. The van der Waals surface area contributed by atoms with Crippen molar-refractivity contribution in [3.63, 3.8) is 0 Å². The second-order valence-electron chi connectivity index (χ2n) is 5.59. The average Bonchev–Trinajstić information content (AvgIpc) is 2.93. The van der Waals surface area contributed by atoms with E-state index in [0.717, 1.165) is 12.1 Å². The summed E-state index contributed by atoms with van der Waals surface area (Å²) in [5.74, 6) is -1.11. The lowest BCUT2D eigenvalue weighted by Crippen LogP contribution is -2.16. The van der Waals surface area contributed by atoms with E-state index in [4.69, 9.17) is 11.6 Å². The van der Waals surface area contributed by atoms with Crippen LogP contribution in [0.1, 0.15) is 27.6 Å². The van der Waals surface area contributed by atoms with Crippen LogP contribution in [0.15, 0.2) is 48.7 Å². The van der Waals surface area contributed by atoms with Gasteiger partial charge < -0.3 is 5.32 Å². The van der Waals surface area contributed by atoms with E-state index in [1.165, 1.54) is 35.9 Å². The lowest BCUT2D eigenvalue weighted by Gasteiger charge is -2.13. The molecular weight excluding hydrogens is 369 g/mol. The number of amides is 1. The van der Waals surface area contributed by atoms with Gasteiger partial charge in [-0.05, 0) is 30.3 Å². The smallest absolute Gasteiger partial charge is 0.321 e. The molecule has 1 heterocycles. The number of para-hydroxylation sites is 1. The molecule has 0 aliphatic rings. The number of halogens is 4. The van der Waals surface area contributed by atoms with Crippen LogP contribution in [0.3, 0.4) is 0 Å². The number of nitrogens with one attached hydrogen (secondary N) is 1. The lowest BCUT2D eigenvalue weighted by atomic mass is 10.1. The summed E-state index contributed by atoms with van der Waals surface area (Å²) in [4.78, 5) is 24.4. The van der Waals surface area contributed by atoms with Crippen LogP contribution in [0.4, 0.5) is 18.9 Å². The highest BCUT2D eigenvalue weighted by Gasteiger charge is 2.33. The average molecular weight is 381 g/mol. The number of carbonyl (C=O) groups excluding carboxylic acids is 2. The Kier molecular flexibility index (Phi) is 4.50. The minimum Gasteiger partial charge on any atom is -0.321 e. The van der Waals surface area contributed by atoms with Crippen molar-refractivity contribution in [1.29, 1.82) is 0 Å². The molecule has 4 nitrogen and oxygen atoms in total. The molecule has 0 bridgehead atoms. The molecule has 8 heteroatoms. The first kappa shape index (κ1) is 18.0. The van der Waals surface area contributed by atoms with Crippen LogP contribution in [0.5, 0.6) is 0 Å². The zero-order valence-electron chi connectivity index (χ0n) is 13.4. The molecule has 1 aromatic heterocycles. The molecule has 0 fully saturated rings. The van der Waals surface area contributed by atoms with E-state index in [1.807, 2.05) is 0 Å². The summed E-state index contributed by atoms with van der Waals surface area (Å²) in [5, 5.41) is 2.98. The number of hydrogen-bond acceptors (Lipinski definition) is 2. The van der Waals surface area contributed by atoms with E-state index in [0.29, 0.717) is 15.9 Å². The van der Waals surface area contributed by atoms with Crippen LogP contribution in [0.2, 0.25) is 5.02 Å². The minimum absolute atomic E-state index is 0.0506. The van der Waals surface area contributed by atoms with Crippen molar-refractivity contribution in [2.75, 3.05) is 5.32 Å². The van der Waals surface area contributed by atoms with Crippen molar-refractivity contribution >= 4 is 40.0 Å². The van der Waals surface area contributed by atoms with Crippen molar-refractivity contribution in [2.45, 2.75) is 13.1 Å². The molecule has 2 aromatic carbocycles.